The predicted molar refractivity (Wildman–Crippen MR) is 123 cm³/mol. The molecule has 0 aliphatic rings. The second kappa shape index (κ2) is 10.6. The van der Waals surface area contributed by atoms with Crippen molar-refractivity contribution in [3.8, 4) is 11.5 Å². The molecule has 0 aliphatic heterocycles. The molecule has 3 aromatic rings. The van der Waals surface area contributed by atoms with Crippen molar-refractivity contribution in [1.82, 2.24) is 0 Å². The van der Waals surface area contributed by atoms with E-state index >= 15 is 0 Å². The molecule has 1 N–H and O–H groups in total. The van der Waals surface area contributed by atoms with Crippen LogP contribution < -0.4 is 8.92 Å². The van der Waals surface area contributed by atoms with Crippen LogP contribution in [0, 0.1) is 23.3 Å². The summed E-state index contributed by atoms with van der Waals surface area (Å²) in [6.07, 6.45) is 0.573. The fraction of sp³-hybridized carbons (Fsp3) is 0.304. The minimum Gasteiger partial charge on any atom is -0.487 e. The lowest BCUT2D eigenvalue weighted by atomic mass is 9.96. The van der Waals surface area contributed by atoms with Crippen LogP contribution in [0.2, 0.25) is 0 Å². The van der Waals surface area contributed by atoms with Gasteiger partial charge in [0.05, 0.1) is 12.4 Å². The zero-order valence-corrected chi connectivity index (χ0v) is 20.7. The van der Waals surface area contributed by atoms with Crippen LogP contribution in [0.3, 0.4) is 0 Å². The first-order valence-corrected chi connectivity index (χ1v) is 13.7. The number of benzene rings is 3. The Bertz CT molecular complexity index is 1480. The lowest BCUT2D eigenvalue weighted by molar-refractivity contribution is 0.266. The van der Waals surface area contributed by atoms with E-state index in [9.17, 15) is 34.4 Å². The summed E-state index contributed by atoms with van der Waals surface area (Å²) in [6.45, 7) is 3.46. The van der Waals surface area contributed by atoms with E-state index in [4.69, 9.17) is 8.74 Å². The first-order valence-electron chi connectivity index (χ1n) is 10.7. The average Bonchev–Trinajstić information content (AvgIpc) is 2.80. The highest BCUT2D eigenvalue weighted by Crippen LogP contribution is 2.32. The second-order valence-corrected chi connectivity index (χ2v) is 11.1. The van der Waals surface area contributed by atoms with Gasteiger partial charge in [0.2, 0.25) is 11.6 Å². The highest BCUT2D eigenvalue weighted by Gasteiger charge is 2.33. The quantitative estimate of drug-likeness (QED) is 0.119. The summed E-state index contributed by atoms with van der Waals surface area (Å²) in [5.74, 6) is -11.0. The van der Waals surface area contributed by atoms with E-state index in [1.807, 2.05) is 18.2 Å². The van der Waals surface area contributed by atoms with E-state index < -0.39 is 72.9 Å². The Morgan fingerprint density at radius 1 is 0.889 bits per heavy atom. The van der Waals surface area contributed by atoms with Crippen LogP contribution in [0.25, 0.3) is 10.8 Å². The number of rotatable bonds is 10. The normalized spacial score (nSPS) is 13.1. The molecule has 7 nitrogen and oxygen atoms in total. The van der Waals surface area contributed by atoms with Crippen molar-refractivity contribution in [3.05, 3.63) is 65.2 Å². The zero-order valence-electron chi connectivity index (χ0n) is 19.1. The van der Waals surface area contributed by atoms with E-state index in [1.54, 1.807) is 6.07 Å². The molecule has 13 heteroatoms. The molecule has 0 bridgehead atoms. The van der Waals surface area contributed by atoms with Gasteiger partial charge in [0, 0.05) is 0 Å². The fourth-order valence-electron chi connectivity index (χ4n) is 3.38. The molecule has 0 saturated carbocycles. The van der Waals surface area contributed by atoms with Crippen molar-refractivity contribution in [1.29, 1.82) is 0 Å². The SMILES string of the molecule is CCC(C)c1ccc2cc(OS(=O)(=O)CCCOc3c(F)c(F)c(S(=O)(=O)O)c(F)c3F)ccc2c1. The summed E-state index contributed by atoms with van der Waals surface area (Å²) in [5, 5.41) is 1.65. The molecule has 3 aromatic carbocycles. The van der Waals surface area contributed by atoms with Gasteiger partial charge in [0.25, 0.3) is 0 Å². The van der Waals surface area contributed by atoms with Gasteiger partial charge >= 0.3 is 20.2 Å². The number of halogens is 4. The molecule has 0 heterocycles. The maximum absolute atomic E-state index is 14.0. The largest absolute Gasteiger partial charge is 0.487 e. The van der Waals surface area contributed by atoms with E-state index in [0.29, 0.717) is 5.92 Å². The third-order valence-electron chi connectivity index (χ3n) is 5.47. The van der Waals surface area contributed by atoms with Crippen molar-refractivity contribution >= 4 is 31.0 Å². The lowest BCUT2D eigenvalue weighted by Gasteiger charge is -2.12. The van der Waals surface area contributed by atoms with Gasteiger partial charge < -0.3 is 8.92 Å². The Morgan fingerprint density at radius 2 is 1.47 bits per heavy atom. The summed E-state index contributed by atoms with van der Waals surface area (Å²) in [6, 6.07) is 10.5. The predicted octanol–water partition coefficient (Wildman–Crippen LogP) is 5.33. The van der Waals surface area contributed by atoms with E-state index in [1.165, 1.54) is 12.1 Å². The molecule has 0 spiro atoms. The van der Waals surface area contributed by atoms with Gasteiger partial charge in [-0.25, -0.2) is 8.78 Å². The van der Waals surface area contributed by atoms with E-state index in [2.05, 4.69) is 18.6 Å². The van der Waals surface area contributed by atoms with E-state index in [0.717, 1.165) is 22.8 Å². The summed E-state index contributed by atoms with van der Waals surface area (Å²) in [4.78, 5) is -2.20. The molecular formula is C23H22F4O7S2. The van der Waals surface area contributed by atoms with Crippen LogP contribution in [-0.4, -0.2) is 33.7 Å². The standard InChI is InChI=1S/C23H22F4O7S2/c1-3-13(2)14-5-6-16-12-17(8-7-15(16)11-14)34-35(28,29)10-4-9-33-22-18(24)20(26)23(36(30,31)32)21(27)19(22)25/h5-8,11-13H,3-4,9-10H2,1-2H3,(H,30,31,32). The number of fused-ring (bicyclic) bond motifs is 1. The summed E-state index contributed by atoms with van der Waals surface area (Å²) >= 11 is 0. The maximum atomic E-state index is 14.0. The minimum atomic E-state index is -5.60. The molecule has 0 radical (unpaired) electrons. The molecule has 0 aliphatic carbocycles. The topological polar surface area (TPSA) is 107 Å². The van der Waals surface area contributed by atoms with Gasteiger partial charge in [-0.2, -0.15) is 25.6 Å². The molecule has 0 fully saturated rings. The molecule has 0 aromatic heterocycles. The first kappa shape index (κ1) is 27.7. The molecule has 0 amide bonds. The van der Waals surface area contributed by atoms with E-state index in [-0.39, 0.29) is 5.75 Å². The minimum absolute atomic E-state index is 0.0433. The third-order valence-corrected chi connectivity index (χ3v) is 7.58. The molecule has 196 valence electrons. The number of hydrogen-bond acceptors (Lipinski definition) is 6. The van der Waals surface area contributed by atoms with Crippen LogP contribution in [0.1, 0.15) is 38.2 Å². The number of hydrogen-bond donors (Lipinski definition) is 1. The monoisotopic (exact) mass is 550 g/mol. The molecule has 36 heavy (non-hydrogen) atoms. The number of ether oxygens (including phenoxy) is 1. The second-order valence-electron chi connectivity index (χ2n) is 8.01. The highest BCUT2D eigenvalue weighted by molar-refractivity contribution is 7.87. The highest BCUT2D eigenvalue weighted by atomic mass is 32.2. The van der Waals surface area contributed by atoms with Crippen molar-refractivity contribution < 1.29 is 47.9 Å². The van der Waals surface area contributed by atoms with Crippen molar-refractivity contribution in [2.45, 2.75) is 37.5 Å². The van der Waals surface area contributed by atoms with Gasteiger partial charge in [0.15, 0.2) is 22.3 Å². The molecular weight excluding hydrogens is 528 g/mol. The Kier molecular flexibility index (Phi) is 8.16. The summed E-state index contributed by atoms with van der Waals surface area (Å²) in [5.41, 5.74) is 1.14. The van der Waals surface area contributed by atoms with Gasteiger partial charge in [-0.15, -0.1) is 0 Å². The smallest absolute Gasteiger partial charge is 0.309 e. The Morgan fingerprint density at radius 3 is 2.06 bits per heavy atom. The zero-order chi connectivity index (χ0) is 26.8. The molecule has 3 rings (SSSR count). The van der Waals surface area contributed by atoms with Gasteiger partial charge in [0.1, 0.15) is 5.75 Å². The maximum Gasteiger partial charge on any atom is 0.309 e. The van der Waals surface area contributed by atoms with Crippen LogP contribution in [0.4, 0.5) is 17.6 Å². The van der Waals surface area contributed by atoms with Crippen LogP contribution in [-0.2, 0) is 20.2 Å². The Balaban J connectivity index is 1.66. The lowest BCUT2D eigenvalue weighted by Crippen LogP contribution is -2.17. The molecule has 1 atom stereocenters. The first-order chi connectivity index (χ1) is 16.7. The van der Waals surface area contributed by atoms with Crippen LogP contribution in [0.5, 0.6) is 11.5 Å². The summed E-state index contributed by atoms with van der Waals surface area (Å²) < 4.78 is 120. The van der Waals surface area contributed by atoms with Crippen LogP contribution >= 0.6 is 0 Å². The van der Waals surface area contributed by atoms with Gasteiger partial charge in [-0.05, 0) is 47.2 Å². The van der Waals surface area contributed by atoms with Crippen molar-refractivity contribution in [3.63, 3.8) is 0 Å². The van der Waals surface area contributed by atoms with Crippen molar-refractivity contribution in [2.24, 2.45) is 0 Å². The third kappa shape index (κ3) is 6.08. The van der Waals surface area contributed by atoms with Gasteiger partial charge in [-0.1, -0.05) is 38.1 Å². The Hall–Kier alpha value is -2.90. The fourth-order valence-corrected chi connectivity index (χ4v) is 4.96. The van der Waals surface area contributed by atoms with Crippen LogP contribution in [0.15, 0.2) is 41.3 Å². The Labute approximate surface area is 205 Å². The molecule has 0 saturated heterocycles. The molecule has 1 unspecified atom stereocenters. The van der Waals surface area contributed by atoms with Crippen molar-refractivity contribution in [2.75, 3.05) is 12.4 Å². The van der Waals surface area contributed by atoms with Gasteiger partial charge in [-0.3, -0.25) is 4.55 Å². The average molecular weight is 551 g/mol. The summed E-state index contributed by atoms with van der Waals surface area (Å²) in [7, 11) is -9.78.